The largest absolute Gasteiger partial charge is 0.490 e. The number of nitrogens with zero attached hydrogens (tertiary/aromatic N) is 2. The van der Waals surface area contributed by atoms with Gasteiger partial charge in [-0.25, -0.2) is 4.98 Å². The van der Waals surface area contributed by atoms with E-state index in [-0.39, 0.29) is 36.0 Å². The molecule has 3 aromatic rings. The Bertz CT molecular complexity index is 1150. The van der Waals surface area contributed by atoms with Crippen molar-refractivity contribution < 1.29 is 19.0 Å². The Kier molecular flexibility index (Phi) is 4.74. The number of fused-ring (bicyclic) bond motifs is 2. The average Bonchev–Trinajstić information content (AvgIpc) is 3.23. The van der Waals surface area contributed by atoms with Crippen molar-refractivity contribution in [1.82, 2.24) is 14.7 Å². The summed E-state index contributed by atoms with van der Waals surface area (Å²) in [5.74, 6) is 1.80. The van der Waals surface area contributed by atoms with Gasteiger partial charge in [0.25, 0.3) is 11.5 Å². The van der Waals surface area contributed by atoms with Crippen molar-refractivity contribution in [3.63, 3.8) is 0 Å². The van der Waals surface area contributed by atoms with E-state index in [4.69, 9.17) is 14.2 Å². The number of ether oxygens (including phenoxy) is 3. The molecule has 0 unspecified atom stereocenters. The second-order valence-electron chi connectivity index (χ2n) is 7.49. The van der Waals surface area contributed by atoms with E-state index in [1.807, 2.05) is 18.2 Å². The van der Waals surface area contributed by atoms with Crippen LogP contribution < -0.4 is 25.1 Å². The molecule has 0 saturated heterocycles. The van der Waals surface area contributed by atoms with Gasteiger partial charge in [-0.3, -0.25) is 14.0 Å². The average molecular weight is 407 g/mol. The highest BCUT2D eigenvalue weighted by molar-refractivity contribution is 5.93. The van der Waals surface area contributed by atoms with Gasteiger partial charge in [0.05, 0.1) is 6.10 Å². The lowest BCUT2D eigenvalue weighted by Gasteiger charge is -2.29. The number of aromatic nitrogens is 2. The van der Waals surface area contributed by atoms with Crippen molar-refractivity contribution in [2.24, 2.45) is 0 Å². The van der Waals surface area contributed by atoms with Crippen LogP contribution in [0.2, 0.25) is 0 Å². The number of amides is 1. The topological polar surface area (TPSA) is 91.2 Å². The van der Waals surface area contributed by atoms with E-state index in [2.05, 4.69) is 10.3 Å². The molecule has 2 aliphatic rings. The first-order valence-electron chi connectivity index (χ1n) is 10.0. The lowest BCUT2D eigenvalue weighted by atomic mass is 9.92. The first kappa shape index (κ1) is 18.5. The van der Waals surface area contributed by atoms with E-state index in [1.54, 1.807) is 24.4 Å². The molecular weight excluding hydrogens is 386 g/mol. The summed E-state index contributed by atoms with van der Waals surface area (Å²) < 4.78 is 18.2. The molecule has 0 radical (unpaired) electrons. The van der Waals surface area contributed by atoms with Gasteiger partial charge >= 0.3 is 0 Å². The molecule has 8 nitrogen and oxygen atoms in total. The molecule has 5 rings (SSSR count). The van der Waals surface area contributed by atoms with Gasteiger partial charge in [0.15, 0.2) is 11.5 Å². The van der Waals surface area contributed by atoms with Gasteiger partial charge in [0.1, 0.15) is 17.0 Å². The minimum absolute atomic E-state index is 0.00461. The van der Waals surface area contributed by atoms with Crippen molar-refractivity contribution in [2.75, 3.05) is 6.79 Å². The summed E-state index contributed by atoms with van der Waals surface area (Å²) in [5.41, 5.74) is 0.204. The second kappa shape index (κ2) is 7.70. The van der Waals surface area contributed by atoms with Crippen LogP contribution in [0.4, 0.5) is 0 Å². The standard InChI is InChI=1S/C22H21N3O5/c26-21(17-12-23-20-3-1-2-10-25(20)22(17)27)24-14-4-6-15(7-5-14)30-16-8-9-18-19(11-16)29-13-28-18/h1-3,8-12,14-15H,4-7,13H2,(H,24,26). The Morgan fingerprint density at radius 1 is 1.10 bits per heavy atom. The Morgan fingerprint density at radius 2 is 1.93 bits per heavy atom. The van der Waals surface area contributed by atoms with Gasteiger partial charge in [-0.2, -0.15) is 0 Å². The van der Waals surface area contributed by atoms with Crippen LogP contribution in [0.15, 0.2) is 53.6 Å². The lowest BCUT2D eigenvalue weighted by Crippen LogP contribution is -2.41. The summed E-state index contributed by atoms with van der Waals surface area (Å²) in [6.07, 6.45) is 6.23. The fraction of sp³-hybridized carbons (Fsp3) is 0.318. The van der Waals surface area contributed by atoms with Crippen molar-refractivity contribution >= 4 is 11.6 Å². The molecule has 1 amide bonds. The Morgan fingerprint density at radius 3 is 2.80 bits per heavy atom. The molecular formula is C22H21N3O5. The van der Waals surface area contributed by atoms with E-state index >= 15 is 0 Å². The molecule has 8 heteroatoms. The van der Waals surface area contributed by atoms with Crippen molar-refractivity contribution in [1.29, 1.82) is 0 Å². The quantitative estimate of drug-likeness (QED) is 0.715. The van der Waals surface area contributed by atoms with E-state index in [9.17, 15) is 9.59 Å². The van der Waals surface area contributed by atoms with E-state index in [1.165, 1.54) is 10.6 Å². The minimum Gasteiger partial charge on any atom is -0.490 e. The monoisotopic (exact) mass is 407 g/mol. The number of pyridine rings is 1. The summed E-state index contributed by atoms with van der Waals surface area (Å²) >= 11 is 0. The van der Waals surface area contributed by atoms with Gasteiger partial charge < -0.3 is 19.5 Å². The smallest absolute Gasteiger partial charge is 0.270 e. The highest BCUT2D eigenvalue weighted by atomic mass is 16.7. The molecule has 1 aromatic carbocycles. The van der Waals surface area contributed by atoms with Crippen molar-refractivity contribution in [3.8, 4) is 17.2 Å². The molecule has 3 heterocycles. The SMILES string of the molecule is O=C(NC1CCC(Oc2ccc3c(c2)OCO3)CC1)c1cnc2ccccn2c1=O. The number of nitrogens with one attached hydrogen (secondary N) is 1. The summed E-state index contributed by atoms with van der Waals surface area (Å²) in [4.78, 5) is 29.4. The van der Waals surface area contributed by atoms with Crippen molar-refractivity contribution in [2.45, 2.75) is 37.8 Å². The predicted molar refractivity (Wildman–Crippen MR) is 108 cm³/mol. The zero-order valence-electron chi connectivity index (χ0n) is 16.2. The van der Waals surface area contributed by atoms with Crippen LogP contribution in [0, 0.1) is 0 Å². The summed E-state index contributed by atoms with van der Waals surface area (Å²) in [7, 11) is 0. The number of hydrogen-bond donors (Lipinski definition) is 1. The number of rotatable bonds is 4. The van der Waals surface area contributed by atoms with Gasteiger partial charge in [0, 0.05) is 24.5 Å². The Labute approximate surface area is 172 Å². The Hall–Kier alpha value is -3.55. The number of hydrogen-bond acceptors (Lipinski definition) is 6. The van der Waals surface area contributed by atoms with Gasteiger partial charge in [0.2, 0.25) is 6.79 Å². The zero-order chi connectivity index (χ0) is 20.5. The molecule has 1 saturated carbocycles. The van der Waals surface area contributed by atoms with Crippen LogP contribution >= 0.6 is 0 Å². The summed E-state index contributed by atoms with van der Waals surface area (Å²) in [5, 5.41) is 2.97. The van der Waals surface area contributed by atoms with Crippen LogP contribution in [-0.2, 0) is 0 Å². The third kappa shape index (κ3) is 3.56. The maximum absolute atomic E-state index is 12.6. The first-order chi connectivity index (χ1) is 14.7. The molecule has 0 atom stereocenters. The zero-order valence-corrected chi connectivity index (χ0v) is 16.2. The van der Waals surface area contributed by atoms with Gasteiger partial charge in [-0.05, 0) is 49.9 Å². The number of carbonyl (C=O) groups excluding carboxylic acids is 1. The maximum atomic E-state index is 12.6. The lowest BCUT2D eigenvalue weighted by molar-refractivity contribution is 0.0891. The Balaban J connectivity index is 1.19. The molecule has 1 aliphatic carbocycles. The fourth-order valence-electron chi connectivity index (χ4n) is 3.91. The molecule has 1 fully saturated rings. The fourth-order valence-corrected chi connectivity index (χ4v) is 3.91. The normalized spacial score (nSPS) is 20.1. The van der Waals surface area contributed by atoms with Crippen LogP contribution in [0.1, 0.15) is 36.0 Å². The highest BCUT2D eigenvalue weighted by Crippen LogP contribution is 2.36. The minimum atomic E-state index is -0.383. The highest BCUT2D eigenvalue weighted by Gasteiger charge is 2.25. The van der Waals surface area contributed by atoms with E-state index in [0.29, 0.717) is 11.4 Å². The summed E-state index contributed by atoms with van der Waals surface area (Å²) in [6.45, 7) is 0.236. The summed E-state index contributed by atoms with van der Waals surface area (Å²) in [6, 6.07) is 10.8. The van der Waals surface area contributed by atoms with Gasteiger partial charge in [-0.15, -0.1) is 0 Å². The van der Waals surface area contributed by atoms with Crippen LogP contribution in [-0.4, -0.2) is 34.2 Å². The number of carbonyl (C=O) groups is 1. The van der Waals surface area contributed by atoms with E-state index in [0.717, 1.165) is 37.2 Å². The molecule has 30 heavy (non-hydrogen) atoms. The maximum Gasteiger partial charge on any atom is 0.270 e. The van der Waals surface area contributed by atoms with Gasteiger partial charge in [-0.1, -0.05) is 6.07 Å². The molecule has 154 valence electrons. The second-order valence-corrected chi connectivity index (χ2v) is 7.49. The third-order valence-corrected chi connectivity index (χ3v) is 5.51. The van der Waals surface area contributed by atoms with Crippen molar-refractivity contribution in [3.05, 3.63) is 64.7 Å². The van der Waals surface area contributed by atoms with Crippen LogP contribution in [0.5, 0.6) is 17.2 Å². The molecule has 0 spiro atoms. The van der Waals surface area contributed by atoms with E-state index < -0.39 is 0 Å². The number of benzene rings is 1. The first-order valence-corrected chi connectivity index (χ1v) is 10.0. The molecule has 1 N–H and O–H groups in total. The molecule has 2 aromatic heterocycles. The van der Waals surface area contributed by atoms with Crippen LogP contribution in [0.3, 0.4) is 0 Å². The molecule has 1 aliphatic heterocycles. The van der Waals surface area contributed by atoms with Crippen LogP contribution in [0.25, 0.3) is 5.65 Å². The third-order valence-electron chi connectivity index (χ3n) is 5.51. The molecule has 0 bridgehead atoms. The predicted octanol–water partition coefficient (Wildman–Crippen LogP) is 2.54.